The Morgan fingerprint density at radius 3 is 2.70 bits per heavy atom. The zero-order valence-electron chi connectivity index (χ0n) is 17.7. The van der Waals surface area contributed by atoms with Crippen LogP contribution >= 0.6 is 11.6 Å². The summed E-state index contributed by atoms with van der Waals surface area (Å²) in [7, 11) is 0. The highest BCUT2D eigenvalue weighted by Gasteiger charge is 2.51. The van der Waals surface area contributed by atoms with Crippen molar-refractivity contribution in [1.29, 1.82) is 0 Å². The molecule has 0 unspecified atom stereocenters. The van der Waals surface area contributed by atoms with E-state index in [0.29, 0.717) is 17.5 Å². The summed E-state index contributed by atoms with van der Waals surface area (Å²) in [6.45, 7) is 6.45. The van der Waals surface area contributed by atoms with Crippen molar-refractivity contribution >= 4 is 17.5 Å². The quantitative estimate of drug-likeness (QED) is 0.659. The molecule has 2 fully saturated rings. The number of nitrogens with one attached hydrogen (secondary N) is 1. The van der Waals surface area contributed by atoms with Gasteiger partial charge < -0.3 is 10.1 Å². The van der Waals surface area contributed by atoms with E-state index in [1.165, 1.54) is 12.0 Å². The molecule has 1 heterocycles. The van der Waals surface area contributed by atoms with Gasteiger partial charge in [-0.15, -0.1) is 0 Å². The van der Waals surface area contributed by atoms with Crippen molar-refractivity contribution in [3.05, 3.63) is 64.7 Å². The van der Waals surface area contributed by atoms with Gasteiger partial charge in [0, 0.05) is 30.2 Å². The third-order valence-corrected chi connectivity index (χ3v) is 6.65. The zero-order chi connectivity index (χ0) is 21.0. The molecule has 30 heavy (non-hydrogen) atoms. The lowest BCUT2D eigenvalue weighted by Crippen LogP contribution is -2.43. The lowest BCUT2D eigenvalue weighted by Gasteiger charge is -2.33. The molecule has 1 aliphatic carbocycles. The van der Waals surface area contributed by atoms with Gasteiger partial charge in [-0.1, -0.05) is 41.9 Å². The van der Waals surface area contributed by atoms with Gasteiger partial charge in [0.15, 0.2) is 0 Å². The molecule has 0 radical (unpaired) electrons. The third kappa shape index (κ3) is 4.81. The van der Waals surface area contributed by atoms with E-state index in [0.717, 1.165) is 56.8 Å². The summed E-state index contributed by atoms with van der Waals surface area (Å²) in [6, 6.07) is 16.0. The Balaban J connectivity index is 1.31. The van der Waals surface area contributed by atoms with Gasteiger partial charge in [-0.05, 0) is 68.8 Å². The Morgan fingerprint density at radius 1 is 1.20 bits per heavy atom. The normalized spacial score (nSPS) is 20.5. The molecule has 1 saturated carbocycles. The molecule has 0 spiro atoms. The maximum Gasteiger partial charge on any atom is 0.230 e. The van der Waals surface area contributed by atoms with Gasteiger partial charge in [-0.3, -0.25) is 9.69 Å². The van der Waals surface area contributed by atoms with E-state index in [1.54, 1.807) is 0 Å². The topological polar surface area (TPSA) is 41.6 Å². The van der Waals surface area contributed by atoms with Crippen molar-refractivity contribution in [2.75, 3.05) is 26.2 Å². The Labute approximate surface area is 184 Å². The van der Waals surface area contributed by atoms with Crippen molar-refractivity contribution in [2.24, 2.45) is 5.92 Å². The second kappa shape index (κ2) is 9.40. The van der Waals surface area contributed by atoms with Crippen LogP contribution in [0.2, 0.25) is 5.02 Å². The summed E-state index contributed by atoms with van der Waals surface area (Å²) in [4.78, 5) is 15.5. The average Bonchev–Trinajstić information content (AvgIpc) is 3.57. The lowest BCUT2D eigenvalue weighted by atomic mass is 9.93. The van der Waals surface area contributed by atoms with Crippen LogP contribution in [0.3, 0.4) is 0 Å². The second-order valence-electron chi connectivity index (χ2n) is 8.58. The van der Waals surface area contributed by atoms with Crippen LogP contribution in [-0.2, 0) is 16.8 Å². The van der Waals surface area contributed by atoms with Gasteiger partial charge in [0.05, 0.1) is 12.0 Å². The molecule has 4 rings (SSSR count). The van der Waals surface area contributed by atoms with Crippen molar-refractivity contribution in [3.63, 3.8) is 0 Å². The van der Waals surface area contributed by atoms with Crippen LogP contribution in [0.5, 0.6) is 5.75 Å². The highest BCUT2D eigenvalue weighted by atomic mass is 35.5. The minimum atomic E-state index is -0.338. The number of rotatable bonds is 8. The smallest absolute Gasteiger partial charge is 0.230 e. The fourth-order valence-electron chi connectivity index (χ4n) is 4.58. The third-order valence-electron chi connectivity index (χ3n) is 6.40. The Bertz CT molecular complexity index is 864. The van der Waals surface area contributed by atoms with Gasteiger partial charge in [0.1, 0.15) is 5.75 Å². The molecular formula is C25H31ClN2O2. The average molecular weight is 427 g/mol. The summed E-state index contributed by atoms with van der Waals surface area (Å²) in [5, 5.41) is 3.97. The van der Waals surface area contributed by atoms with Gasteiger partial charge in [0.2, 0.25) is 5.91 Å². The molecule has 1 N–H and O–H groups in total. The van der Waals surface area contributed by atoms with Crippen molar-refractivity contribution < 1.29 is 9.53 Å². The molecule has 0 aromatic heterocycles. The number of nitrogens with zero attached hydrogens (tertiary/aromatic N) is 1. The first-order chi connectivity index (χ1) is 14.6. The molecule has 1 atom stereocenters. The first kappa shape index (κ1) is 21.2. The summed E-state index contributed by atoms with van der Waals surface area (Å²) in [6.07, 6.45) is 4.18. The number of halogens is 1. The first-order valence-corrected chi connectivity index (χ1v) is 11.5. The zero-order valence-corrected chi connectivity index (χ0v) is 18.5. The minimum absolute atomic E-state index is 0.170. The summed E-state index contributed by atoms with van der Waals surface area (Å²) in [5.74, 6) is 1.64. The molecule has 2 aromatic carbocycles. The summed E-state index contributed by atoms with van der Waals surface area (Å²) < 4.78 is 5.79. The number of ether oxygens (including phenoxy) is 1. The fraction of sp³-hybridized carbons (Fsp3) is 0.480. The molecule has 1 amide bonds. The SMILES string of the molecule is CCOc1ccccc1CN1CCC[C@@H](CNC(=O)C2(c3ccc(Cl)cc3)CC2)C1. The van der Waals surface area contributed by atoms with Gasteiger partial charge in [-0.2, -0.15) is 0 Å². The lowest BCUT2D eigenvalue weighted by molar-refractivity contribution is -0.123. The number of carbonyl (C=O) groups excluding carboxylic acids is 1. The van der Waals surface area contributed by atoms with Crippen LogP contribution in [0.25, 0.3) is 0 Å². The number of carbonyl (C=O) groups is 1. The second-order valence-corrected chi connectivity index (χ2v) is 9.02. The first-order valence-electron chi connectivity index (χ1n) is 11.1. The number of hydrogen-bond acceptors (Lipinski definition) is 3. The molecule has 4 nitrogen and oxygen atoms in total. The fourth-order valence-corrected chi connectivity index (χ4v) is 4.71. The van der Waals surface area contributed by atoms with E-state index in [2.05, 4.69) is 22.3 Å². The highest BCUT2D eigenvalue weighted by molar-refractivity contribution is 6.30. The van der Waals surface area contributed by atoms with Crippen LogP contribution in [0.15, 0.2) is 48.5 Å². The summed E-state index contributed by atoms with van der Waals surface area (Å²) >= 11 is 6.01. The van der Waals surface area contributed by atoms with Crippen LogP contribution in [-0.4, -0.2) is 37.0 Å². The number of amides is 1. The van der Waals surface area contributed by atoms with E-state index >= 15 is 0 Å². The van der Waals surface area contributed by atoms with Crippen LogP contribution in [0, 0.1) is 5.92 Å². The summed E-state index contributed by atoms with van der Waals surface area (Å²) in [5.41, 5.74) is 1.99. The number of para-hydroxylation sites is 1. The highest BCUT2D eigenvalue weighted by Crippen LogP contribution is 2.48. The standard InChI is InChI=1S/C25H31ClN2O2/c1-2-30-23-8-4-3-7-20(23)18-28-15-5-6-19(17-28)16-27-24(29)25(13-14-25)21-9-11-22(26)12-10-21/h3-4,7-12,19H,2,5-6,13-18H2,1H3,(H,27,29)/t19-/m0/s1. The number of hydrogen-bond donors (Lipinski definition) is 1. The molecule has 2 aromatic rings. The molecular weight excluding hydrogens is 396 g/mol. The molecule has 2 aliphatic rings. The predicted octanol–water partition coefficient (Wildman–Crippen LogP) is 4.80. The minimum Gasteiger partial charge on any atom is -0.494 e. The van der Waals surface area contributed by atoms with Crippen molar-refractivity contribution in [1.82, 2.24) is 10.2 Å². The monoisotopic (exact) mass is 426 g/mol. The van der Waals surface area contributed by atoms with Gasteiger partial charge in [0.25, 0.3) is 0 Å². The van der Waals surface area contributed by atoms with Gasteiger partial charge in [-0.25, -0.2) is 0 Å². The molecule has 1 saturated heterocycles. The largest absolute Gasteiger partial charge is 0.494 e. The molecule has 0 bridgehead atoms. The van der Waals surface area contributed by atoms with E-state index in [4.69, 9.17) is 16.3 Å². The molecule has 160 valence electrons. The van der Waals surface area contributed by atoms with Crippen molar-refractivity contribution in [3.8, 4) is 5.75 Å². The van der Waals surface area contributed by atoms with E-state index < -0.39 is 0 Å². The predicted molar refractivity (Wildman–Crippen MR) is 121 cm³/mol. The Morgan fingerprint density at radius 2 is 1.97 bits per heavy atom. The van der Waals surface area contributed by atoms with E-state index in [1.807, 2.05) is 43.3 Å². The van der Waals surface area contributed by atoms with Crippen LogP contribution in [0.1, 0.15) is 43.7 Å². The molecule has 1 aliphatic heterocycles. The Hall–Kier alpha value is -2.04. The number of benzene rings is 2. The number of piperidine rings is 1. The maximum atomic E-state index is 13.0. The van der Waals surface area contributed by atoms with E-state index in [9.17, 15) is 4.79 Å². The van der Waals surface area contributed by atoms with Gasteiger partial charge >= 0.3 is 0 Å². The number of likely N-dealkylation sites (tertiary alicyclic amines) is 1. The van der Waals surface area contributed by atoms with Crippen LogP contribution in [0.4, 0.5) is 0 Å². The Kier molecular flexibility index (Phi) is 6.64. The van der Waals surface area contributed by atoms with E-state index in [-0.39, 0.29) is 11.3 Å². The van der Waals surface area contributed by atoms with Crippen LogP contribution < -0.4 is 10.1 Å². The maximum absolute atomic E-state index is 13.0. The van der Waals surface area contributed by atoms with Crippen molar-refractivity contribution in [2.45, 2.75) is 44.6 Å². The molecule has 5 heteroatoms.